The molecule has 0 aliphatic carbocycles. The summed E-state index contributed by atoms with van der Waals surface area (Å²) in [5, 5.41) is 0.501. The largest absolute Gasteiger partial charge is 0.471 e. The highest BCUT2D eigenvalue weighted by molar-refractivity contribution is 14.1. The zero-order chi connectivity index (χ0) is 16.9. The van der Waals surface area contributed by atoms with Gasteiger partial charge in [-0.2, -0.15) is 13.2 Å². The molecule has 0 fully saturated rings. The van der Waals surface area contributed by atoms with E-state index in [1.165, 1.54) is 13.0 Å². The van der Waals surface area contributed by atoms with Gasteiger partial charge < -0.3 is 0 Å². The monoisotopic (exact) mass is 445 g/mol. The number of allylic oxidation sites excluding steroid dienone is 1. The summed E-state index contributed by atoms with van der Waals surface area (Å²) >= 11 is 7.79. The molecule has 0 aliphatic rings. The fraction of sp³-hybridized carbons (Fsp3) is 0.286. The van der Waals surface area contributed by atoms with Crippen LogP contribution in [-0.2, 0) is 16.0 Å². The normalized spacial score (nSPS) is 11.7. The summed E-state index contributed by atoms with van der Waals surface area (Å²) in [5.41, 5.74) is 0.707. The van der Waals surface area contributed by atoms with Gasteiger partial charge in [0.25, 0.3) is 5.91 Å². The second-order valence-electron chi connectivity index (χ2n) is 4.28. The third-order valence-electron chi connectivity index (χ3n) is 2.68. The van der Waals surface area contributed by atoms with Crippen LogP contribution in [0.2, 0.25) is 5.02 Å². The van der Waals surface area contributed by atoms with Crippen molar-refractivity contribution in [3.8, 4) is 0 Å². The molecular weight excluding hydrogens is 434 g/mol. The summed E-state index contributed by atoms with van der Waals surface area (Å²) < 4.78 is 38.5. The summed E-state index contributed by atoms with van der Waals surface area (Å²) in [6.07, 6.45) is -2.77. The number of alkyl halides is 3. The van der Waals surface area contributed by atoms with Crippen molar-refractivity contribution in [3.63, 3.8) is 0 Å². The van der Waals surface area contributed by atoms with E-state index < -0.39 is 18.0 Å². The number of benzene rings is 1. The minimum Gasteiger partial charge on any atom is -0.271 e. The van der Waals surface area contributed by atoms with E-state index >= 15 is 0 Å². The molecule has 0 atom stereocenters. The molecule has 0 bridgehead atoms. The molecule has 22 heavy (non-hydrogen) atoms. The molecule has 2 amide bonds. The second kappa shape index (κ2) is 7.96. The van der Waals surface area contributed by atoms with Crippen molar-refractivity contribution in [1.29, 1.82) is 0 Å². The molecule has 0 N–H and O–H groups in total. The van der Waals surface area contributed by atoms with Crippen LogP contribution in [0, 0.1) is 3.57 Å². The molecule has 0 spiro atoms. The number of rotatable bonds is 4. The zero-order valence-corrected chi connectivity index (χ0v) is 14.4. The van der Waals surface area contributed by atoms with Crippen LogP contribution < -0.4 is 0 Å². The average Bonchev–Trinajstić information content (AvgIpc) is 2.40. The van der Waals surface area contributed by atoms with Crippen molar-refractivity contribution in [2.24, 2.45) is 0 Å². The highest BCUT2D eigenvalue weighted by Gasteiger charge is 2.44. The van der Waals surface area contributed by atoms with Crippen molar-refractivity contribution in [1.82, 2.24) is 4.90 Å². The van der Waals surface area contributed by atoms with E-state index in [0.717, 1.165) is 9.65 Å². The lowest BCUT2D eigenvalue weighted by Gasteiger charge is -2.21. The third kappa shape index (κ3) is 5.28. The molecule has 0 unspecified atom stereocenters. The van der Waals surface area contributed by atoms with Gasteiger partial charge in [-0.15, -0.1) is 0 Å². The summed E-state index contributed by atoms with van der Waals surface area (Å²) in [6.45, 7) is 1.12. The predicted molar refractivity (Wildman–Crippen MR) is 85.5 cm³/mol. The Labute approximate surface area is 144 Å². The molecule has 1 aromatic carbocycles. The van der Waals surface area contributed by atoms with Gasteiger partial charge in [-0.25, -0.2) is 0 Å². The first-order valence-corrected chi connectivity index (χ1v) is 7.61. The smallest absolute Gasteiger partial charge is 0.271 e. The van der Waals surface area contributed by atoms with Crippen LogP contribution in [0.5, 0.6) is 0 Å². The summed E-state index contributed by atoms with van der Waals surface area (Å²) in [4.78, 5) is 23.3. The SMILES string of the molecule is C/C=C/C(=O)N(CCc1ccc(Cl)cc1I)C(=O)C(F)(F)F. The van der Waals surface area contributed by atoms with Gasteiger partial charge in [0.05, 0.1) is 0 Å². The topological polar surface area (TPSA) is 37.4 Å². The van der Waals surface area contributed by atoms with Gasteiger partial charge in [-0.1, -0.05) is 23.7 Å². The number of hydrogen-bond donors (Lipinski definition) is 0. The first-order valence-electron chi connectivity index (χ1n) is 6.16. The Hall–Kier alpha value is -1.09. The van der Waals surface area contributed by atoms with Crippen molar-refractivity contribution in [2.75, 3.05) is 6.54 Å². The van der Waals surface area contributed by atoms with Gasteiger partial charge in [-0.05, 0) is 59.7 Å². The Morgan fingerprint density at radius 1 is 1.36 bits per heavy atom. The van der Waals surface area contributed by atoms with Crippen LogP contribution in [0.3, 0.4) is 0 Å². The average molecular weight is 446 g/mol. The van der Waals surface area contributed by atoms with Crippen molar-refractivity contribution < 1.29 is 22.8 Å². The maximum absolute atomic E-state index is 12.6. The minimum atomic E-state index is -5.09. The lowest BCUT2D eigenvalue weighted by molar-refractivity contribution is -0.186. The molecule has 0 heterocycles. The lowest BCUT2D eigenvalue weighted by atomic mass is 10.1. The number of amides is 2. The molecule has 0 aliphatic heterocycles. The van der Waals surface area contributed by atoms with E-state index in [9.17, 15) is 22.8 Å². The maximum Gasteiger partial charge on any atom is 0.471 e. The van der Waals surface area contributed by atoms with E-state index in [1.54, 1.807) is 18.2 Å². The van der Waals surface area contributed by atoms with Crippen LogP contribution in [0.1, 0.15) is 12.5 Å². The van der Waals surface area contributed by atoms with E-state index in [2.05, 4.69) is 0 Å². The Balaban J connectivity index is 2.94. The minimum absolute atomic E-state index is 0.112. The van der Waals surface area contributed by atoms with Crippen LogP contribution in [0.25, 0.3) is 0 Å². The van der Waals surface area contributed by atoms with Crippen LogP contribution >= 0.6 is 34.2 Å². The van der Waals surface area contributed by atoms with Crippen molar-refractivity contribution >= 4 is 46.0 Å². The zero-order valence-electron chi connectivity index (χ0n) is 11.5. The van der Waals surface area contributed by atoms with E-state index in [1.807, 2.05) is 22.6 Å². The molecule has 8 heteroatoms. The third-order valence-corrected chi connectivity index (χ3v) is 3.92. The maximum atomic E-state index is 12.6. The predicted octanol–water partition coefficient (Wildman–Crippen LogP) is 3.98. The molecule has 3 nitrogen and oxygen atoms in total. The Bertz CT molecular complexity index is 602. The Morgan fingerprint density at radius 2 is 2.00 bits per heavy atom. The fourth-order valence-corrected chi connectivity index (χ4v) is 2.80. The number of imide groups is 1. The van der Waals surface area contributed by atoms with Gasteiger partial charge in [0, 0.05) is 15.1 Å². The standard InChI is InChI=1S/C14H12ClF3INO2/c1-2-3-12(21)20(13(22)14(16,17)18)7-6-9-4-5-10(15)8-11(9)19/h2-5,8H,6-7H2,1H3/b3-2+. The first kappa shape index (κ1) is 19.0. The van der Waals surface area contributed by atoms with Gasteiger partial charge >= 0.3 is 12.1 Å². The number of hydrogen-bond acceptors (Lipinski definition) is 2. The van der Waals surface area contributed by atoms with Gasteiger partial charge in [0.15, 0.2) is 0 Å². The van der Waals surface area contributed by atoms with Crippen molar-refractivity contribution in [3.05, 3.63) is 44.5 Å². The fourth-order valence-electron chi connectivity index (χ4n) is 1.65. The second-order valence-corrected chi connectivity index (χ2v) is 5.88. The highest BCUT2D eigenvalue weighted by Crippen LogP contribution is 2.21. The van der Waals surface area contributed by atoms with Gasteiger partial charge in [0.2, 0.25) is 0 Å². The van der Waals surface area contributed by atoms with E-state index in [4.69, 9.17) is 11.6 Å². The molecule has 1 rings (SSSR count). The van der Waals surface area contributed by atoms with Gasteiger partial charge in [-0.3, -0.25) is 14.5 Å². The number of nitrogens with zero attached hydrogens (tertiary/aromatic N) is 1. The molecule has 120 valence electrons. The number of carbonyl (C=O) groups is 2. The molecule has 1 aromatic rings. The van der Waals surface area contributed by atoms with Gasteiger partial charge in [0.1, 0.15) is 0 Å². The Morgan fingerprint density at radius 3 is 2.50 bits per heavy atom. The summed E-state index contributed by atoms with van der Waals surface area (Å²) in [5.74, 6) is -3.16. The van der Waals surface area contributed by atoms with E-state index in [-0.39, 0.29) is 17.9 Å². The number of halogens is 5. The van der Waals surface area contributed by atoms with E-state index in [0.29, 0.717) is 10.6 Å². The van der Waals surface area contributed by atoms with Crippen LogP contribution in [0.4, 0.5) is 13.2 Å². The van der Waals surface area contributed by atoms with Crippen LogP contribution in [0.15, 0.2) is 30.4 Å². The Kier molecular flexibility index (Phi) is 6.86. The summed E-state index contributed by atoms with van der Waals surface area (Å²) in [7, 11) is 0. The first-order chi connectivity index (χ1) is 10.2. The molecule has 0 saturated heterocycles. The van der Waals surface area contributed by atoms with Crippen LogP contribution in [-0.4, -0.2) is 29.4 Å². The highest BCUT2D eigenvalue weighted by atomic mass is 127. The molecule has 0 radical (unpaired) electrons. The molecule has 0 saturated carbocycles. The summed E-state index contributed by atoms with van der Waals surface area (Å²) in [6, 6.07) is 4.91. The quantitative estimate of drug-likeness (QED) is 0.519. The van der Waals surface area contributed by atoms with Crippen molar-refractivity contribution in [2.45, 2.75) is 19.5 Å². The lowest BCUT2D eigenvalue weighted by Crippen LogP contribution is -2.45. The molecular formula is C14H12ClF3INO2. The molecule has 0 aromatic heterocycles. The number of carbonyl (C=O) groups excluding carboxylic acids is 2.